The summed E-state index contributed by atoms with van der Waals surface area (Å²) in [5, 5.41) is 20.4. The number of carbonyl (C=O) groups excluding carboxylic acids is 1. The van der Waals surface area contributed by atoms with Gasteiger partial charge in [-0.05, 0) is 12.8 Å². The number of ether oxygens (including phenoxy) is 1. The summed E-state index contributed by atoms with van der Waals surface area (Å²) in [6.45, 7) is 3.51. The van der Waals surface area contributed by atoms with E-state index in [0.717, 1.165) is 32.1 Å². The van der Waals surface area contributed by atoms with E-state index in [0.29, 0.717) is 31.5 Å². The molecule has 0 bridgehead atoms. The van der Waals surface area contributed by atoms with E-state index >= 15 is 0 Å². The number of amides is 1. The molecule has 1 amide bonds. The van der Waals surface area contributed by atoms with Crippen LogP contribution in [0.2, 0.25) is 0 Å². The quantitative estimate of drug-likeness (QED) is 0.879. The van der Waals surface area contributed by atoms with Gasteiger partial charge in [0.05, 0.1) is 25.8 Å². The molecule has 24 heavy (non-hydrogen) atoms. The Balaban J connectivity index is 1.64. The Morgan fingerprint density at radius 3 is 2.88 bits per heavy atom. The number of nitrogens with zero attached hydrogens (tertiary/aromatic N) is 4. The lowest BCUT2D eigenvalue weighted by Gasteiger charge is -2.35. The number of hydrogen-bond acceptors (Lipinski definition) is 7. The first-order chi connectivity index (χ1) is 11.6. The predicted molar refractivity (Wildman–Crippen MR) is 83.7 cm³/mol. The van der Waals surface area contributed by atoms with Gasteiger partial charge in [-0.2, -0.15) is 5.26 Å². The summed E-state index contributed by atoms with van der Waals surface area (Å²) in [5.41, 5.74) is -0.710. The van der Waals surface area contributed by atoms with Gasteiger partial charge < -0.3 is 14.5 Å². The van der Waals surface area contributed by atoms with Crippen molar-refractivity contribution in [3.05, 3.63) is 11.8 Å². The molecule has 1 aliphatic heterocycles. The molecule has 2 fully saturated rings. The van der Waals surface area contributed by atoms with Crippen LogP contribution < -0.4 is 5.32 Å². The molecule has 130 valence electrons. The van der Waals surface area contributed by atoms with Crippen LogP contribution in [0.3, 0.4) is 0 Å². The van der Waals surface area contributed by atoms with Gasteiger partial charge in [0, 0.05) is 13.5 Å². The van der Waals surface area contributed by atoms with Gasteiger partial charge in [-0.1, -0.05) is 19.3 Å². The average Bonchev–Trinajstić information content (AvgIpc) is 3.02. The summed E-state index contributed by atoms with van der Waals surface area (Å²) >= 11 is 0. The maximum absolute atomic E-state index is 12.5. The summed E-state index contributed by atoms with van der Waals surface area (Å²) in [5.74, 6) is 0.819. The second-order valence-electron chi connectivity index (χ2n) is 6.52. The fourth-order valence-corrected chi connectivity index (χ4v) is 3.41. The third kappa shape index (κ3) is 3.74. The molecule has 1 saturated heterocycles. The molecule has 1 unspecified atom stereocenters. The van der Waals surface area contributed by atoms with Gasteiger partial charge in [-0.25, -0.2) is 0 Å². The van der Waals surface area contributed by atoms with Crippen LogP contribution in [-0.2, 0) is 9.53 Å². The minimum Gasteiger partial charge on any atom is -0.424 e. The van der Waals surface area contributed by atoms with E-state index in [2.05, 4.69) is 21.6 Å². The first-order valence-corrected chi connectivity index (χ1v) is 8.46. The number of aromatic nitrogens is 2. The molecule has 1 aromatic heterocycles. The number of carbonyl (C=O) groups is 1. The number of hydrogen-bond donors (Lipinski definition) is 1. The van der Waals surface area contributed by atoms with E-state index in [4.69, 9.17) is 9.15 Å². The van der Waals surface area contributed by atoms with Crippen molar-refractivity contribution >= 4 is 5.91 Å². The van der Waals surface area contributed by atoms with Crippen LogP contribution in [0, 0.1) is 18.3 Å². The standard InChI is InChI=1S/C16H23N5O3/c1-12-19-20-15(24-12)13-10-23-8-7-21(13)9-14(22)18-16(11-17)5-3-2-4-6-16/h13H,2-10H2,1H3,(H,18,22). The van der Waals surface area contributed by atoms with Crippen LogP contribution >= 0.6 is 0 Å². The molecule has 8 nitrogen and oxygen atoms in total. The van der Waals surface area contributed by atoms with Gasteiger partial charge in [0.25, 0.3) is 0 Å². The molecular formula is C16H23N5O3. The zero-order chi connectivity index (χ0) is 17.0. The smallest absolute Gasteiger partial charge is 0.235 e. The van der Waals surface area contributed by atoms with Crippen LogP contribution in [0.1, 0.15) is 49.9 Å². The number of morpholine rings is 1. The summed E-state index contributed by atoms with van der Waals surface area (Å²) in [4.78, 5) is 14.5. The Morgan fingerprint density at radius 2 is 2.21 bits per heavy atom. The van der Waals surface area contributed by atoms with Crippen molar-refractivity contribution in [1.29, 1.82) is 5.26 Å². The van der Waals surface area contributed by atoms with Gasteiger partial charge in [-0.15, -0.1) is 10.2 Å². The second kappa shape index (κ2) is 7.28. The molecule has 1 atom stereocenters. The third-order valence-electron chi connectivity index (χ3n) is 4.71. The van der Waals surface area contributed by atoms with Crippen molar-refractivity contribution in [1.82, 2.24) is 20.4 Å². The number of nitriles is 1. The van der Waals surface area contributed by atoms with Crippen LogP contribution in [0.25, 0.3) is 0 Å². The second-order valence-corrected chi connectivity index (χ2v) is 6.52. The van der Waals surface area contributed by atoms with Crippen LogP contribution in [0.4, 0.5) is 0 Å². The maximum Gasteiger partial charge on any atom is 0.235 e. The molecule has 0 aromatic carbocycles. The van der Waals surface area contributed by atoms with Crippen LogP contribution in [-0.4, -0.2) is 52.8 Å². The zero-order valence-electron chi connectivity index (χ0n) is 14.0. The number of nitrogens with one attached hydrogen (secondary N) is 1. The van der Waals surface area contributed by atoms with Crippen LogP contribution in [0.5, 0.6) is 0 Å². The molecule has 2 heterocycles. The van der Waals surface area contributed by atoms with Crippen molar-refractivity contribution in [2.45, 2.75) is 50.6 Å². The fraction of sp³-hybridized carbons (Fsp3) is 0.750. The highest BCUT2D eigenvalue weighted by molar-refractivity contribution is 5.79. The molecular weight excluding hydrogens is 310 g/mol. The van der Waals surface area contributed by atoms with E-state index in [1.54, 1.807) is 6.92 Å². The highest BCUT2D eigenvalue weighted by Gasteiger charge is 2.36. The Hall–Kier alpha value is -1.98. The number of rotatable bonds is 4. The van der Waals surface area contributed by atoms with E-state index in [9.17, 15) is 10.1 Å². The normalized spacial score (nSPS) is 24.2. The van der Waals surface area contributed by atoms with Crippen LogP contribution in [0.15, 0.2) is 4.42 Å². The molecule has 1 aliphatic carbocycles. The Labute approximate surface area is 141 Å². The van der Waals surface area contributed by atoms with E-state index < -0.39 is 5.54 Å². The van der Waals surface area contributed by atoms with Gasteiger partial charge in [0.2, 0.25) is 17.7 Å². The summed E-state index contributed by atoms with van der Waals surface area (Å²) in [7, 11) is 0. The molecule has 1 N–H and O–H groups in total. The third-order valence-corrected chi connectivity index (χ3v) is 4.71. The van der Waals surface area contributed by atoms with Gasteiger partial charge in [-0.3, -0.25) is 9.69 Å². The maximum atomic E-state index is 12.5. The Kier molecular flexibility index (Phi) is 5.11. The van der Waals surface area contributed by atoms with Gasteiger partial charge in [0.1, 0.15) is 11.6 Å². The Morgan fingerprint density at radius 1 is 1.42 bits per heavy atom. The highest BCUT2D eigenvalue weighted by Crippen LogP contribution is 2.28. The van der Waals surface area contributed by atoms with Crippen molar-refractivity contribution < 1.29 is 13.9 Å². The molecule has 3 rings (SSSR count). The fourth-order valence-electron chi connectivity index (χ4n) is 3.41. The van der Waals surface area contributed by atoms with E-state index in [1.807, 2.05) is 4.90 Å². The lowest BCUT2D eigenvalue weighted by molar-refractivity contribution is -0.126. The topological polar surface area (TPSA) is 104 Å². The SMILES string of the molecule is Cc1nnc(C2COCCN2CC(=O)NC2(C#N)CCCCC2)o1. The highest BCUT2D eigenvalue weighted by atomic mass is 16.5. The molecule has 8 heteroatoms. The first-order valence-electron chi connectivity index (χ1n) is 8.46. The largest absolute Gasteiger partial charge is 0.424 e. The van der Waals surface area contributed by atoms with Crippen molar-refractivity contribution in [3.8, 4) is 6.07 Å². The van der Waals surface area contributed by atoms with Crippen molar-refractivity contribution in [2.75, 3.05) is 26.3 Å². The molecule has 1 saturated carbocycles. The summed E-state index contributed by atoms with van der Waals surface area (Å²) < 4.78 is 11.0. The van der Waals surface area contributed by atoms with E-state index in [-0.39, 0.29) is 18.5 Å². The van der Waals surface area contributed by atoms with Crippen molar-refractivity contribution in [3.63, 3.8) is 0 Å². The monoisotopic (exact) mass is 333 g/mol. The average molecular weight is 333 g/mol. The van der Waals surface area contributed by atoms with Crippen molar-refractivity contribution in [2.24, 2.45) is 0 Å². The molecule has 0 spiro atoms. The van der Waals surface area contributed by atoms with Gasteiger partial charge >= 0.3 is 0 Å². The summed E-state index contributed by atoms with van der Waals surface area (Å²) in [6.07, 6.45) is 4.54. The molecule has 2 aliphatic rings. The summed E-state index contributed by atoms with van der Waals surface area (Å²) in [6, 6.07) is 2.09. The predicted octanol–water partition coefficient (Wildman–Crippen LogP) is 1.09. The lowest BCUT2D eigenvalue weighted by atomic mass is 9.83. The van der Waals surface area contributed by atoms with E-state index in [1.165, 1.54) is 0 Å². The minimum atomic E-state index is -0.710. The first kappa shape index (κ1) is 16.9. The molecule has 0 radical (unpaired) electrons. The molecule has 1 aromatic rings. The lowest BCUT2D eigenvalue weighted by Crippen LogP contribution is -2.53. The number of aryl methyl sites for hydroxylation is 1. The zero-order valence-corrected chi connectivity index (χ0v) is 14.0. The Bertz CT molecular complexity index is 617. The minimum absolute atomic E-state index is 0.137. The van der Waals surface area contributed by atoms with Gasteiger partial charge in [0.15, 0.2) is 0 Å².